The molecule has 1 aliphatic rings. The molecule has 1 aromatic heterocycles. The second-order valence-corrected chi connectivity index (χ2v) is 9.57. The predicted molar refractivity (Wildman–Crippen MR) is 106 cm³/mol. The number of nitrogens with zero attached hydrogens (tertiary/aromatic N) is 2. The van der Waals surface area contributed by atoms with Gasteiger partial charge in [-0.3, -0.25) is 9.78 Å². The van der Waals surface area contributed by atoms with Gasteiger partial charge in [0, 0.05) is 19.3 Å². The fourth-order valence-corrected chi connectivity index (χ4v) is 5.72. The van der Waals surface area contributed by atoms with E-state index in [0.717, 1.165) is 12.8 Å². The Morgan fingerprint density at radius 2 is 1.81 bits per heavy atom. The van der Waals surface area contributed by atoms with Crippen molar-refractivity contribution >= 4 is 38.9 Å². The minimum Gasteiger partial charge on any atom is -0.337 e. The van der Waals surface area contributed by atoms with E-state index in [-0.39, 0.29) is 32.3 Å². The second kappa shape index (κ2) is 8.17. The number of amides is 1. The summed E-state index contributed by atoms with van der Waals surface area (Å²) in [6.45, 7) is 3.56. The molecule has 1 amide bonds. The summed E-state index contributed by atoms with van der Waals surface area (Å²) < 4.78 is 25.6. The Labute approximate surface area is 169 Å². The van der Waals surface area contributed by atoms with Gasteiger partial charge in [0.25, 0.3) is 5.91 Å². The van der Waals surface area contributed by atoms with E-state index in [4.69, 9.17) is 23.2 Å². The van der Waals surface area contributed by atoms with Gasteiger partial charge in [-0.05, 0) is 48.6 Å². The molecule has 3 rings (SSSR count). The van der Waals surface area contributed by atoms with E-state index < -0.39 is 9.84 Å². The van der Waals surface area contributed by atoms with Crippen molar-refractivity contribution in [2.24, 2.45) is 5.92 Å². The lowest BCUT2D eigenvalue weighted by molar-refractivity contribution is 0.0691. The number of benzene rings is 1. The number of rotatable bonds is 4. The van der Waals surface area contributed by atoms with E-state index in [9.17, 15) is 13.2 Å². The molecule has 5 nitrogen and oxygen atoms in total. The van der Waals surface area contributed by atoms with Crippen molar-refractivity contribution in [2.45, 2.75) is 30.4 Å². The van der Waals surface area contributed by atoms with E-state index in [1.165, 1.54) is 24.4 Å². The molecule has 144 valence electrons. The molecule has 0 saturated carbocycles. The van der Waals surface area contributed by atoms with Gasteiger partial charge >= 0.3 is 0 Å². The molecule has 0 spiro atoms. The van der Waals surface area contributed by atoms with E-state index >= 15 is 0 Å². The second-order valence-electron chi connectivity index (χ2n) is 6.83. The highest BCUT2D eigenvalue weighted by Gasteiger charge is 2.25. The van der Waals surface area contributed by atoms with Crippen LogP contribution in [-0.2, 0) is 15.6 Å². The predicted octanol–water partition coefficient (Wildman–Crippen LogP) is 4.23. The number of carbonyl (C=O) groups excluding carboxylic acids is 1. The van der Waals surface area contributed by atoms with Crippen LogP contribution < -0.4 is 0 Å². The summed E-state index contributed by atoms with van der Waals surface area (Å²) in [7, 11) is -3.77. The van der Waals surface area contributed by atoms with Gasteiger partial charge in [0.2, 0.25) is 0 Å². The zero-order valence-electron chi connectivity index (χ0n) is 14.9. The van der Waals surface area contributed by atoms with Gasteiger partial charge < -0.3 is 4.90 Å². The number of sulfone groups is 1. The molecule has 1 saturated heterocycles. The fraction of sp³-hybridized carbons (Fsp3) is 0.368. The summed E-state index contributed by atoms with van der Waals surface area (Å²) in [6, 6.07) is 7.67. The summed E-state index contributed by atoms with van der Waals surface area (Å²) in [4.78, 5) is 18.5. The first-order valence-electron chi connectivity index (χ1n) is 8.69. The lowest BCUT2D eigenvalue weighted by Gasteiger charge is -2.30. The maximum atomic E-state index is 12.8. The monoisotopic (exact) mass is 426 g/mol. The summed E-state index contributed by atoms with van der Waals surface area (Å²) in [5.74, 6) is 0.131. The first-order valence-corrected chi connectivity index (χ1v) is 11.1. The summed E-state index contributed by atoms with van der Waals surface area (Å²) in [6.07, 6.45) is 3.38. The lowest BCUT2D eigenvalue weighted by Crippen LogP contribution is -2.38. The van der Waals surface area contributed by atoms with Crippen molar-refractivity contribution in [1.29, 1.82) is 0 Å². The van der Waals surface area contributed by atoms with Crippen LogP contribution in [0.5, 0.6) is 0 Å². The van der Waals surface area contributed by atoms with Gasteiger partial charge in [0.05, 0.1) is 15.8 Å². The Morgan fingerprint density at radius 1 is 1.19 bits per heavy atom. The van der Waals surface area contributed by atoms with E-state index in [0.29, 0.717) is 24.6 Å². The Bertz CT molecular complexity index is 935. The highest BCUT2D eigenvalue weighted by atomic mass is 35.5. The van der Waals surface area contributed by atoms with Crippen molar-refractivity contribution < 1.29 is 13.2 Å². The zero-order valence-corrected chi connectivity index (χ0v) is 17.2. The van der Waals surface area contributed by atoms with Crippen molar-refractivity contribution in [3.05, 3.63) is 57.8 Å². The third-order valence-corrected chi connectivity index (χ3v) is 7.33. The van der Waals surface area contributed by atoms with Crippen molar-refractivity contribution in [3.8, 4) is 0 Å². The third-order valence-electron chi connectivity index (χ3n) is 4.70. The van der Waals surface area contributed by atoms with Crippen molar-refractivity contribution in [1.82, 2.24) is 9.88 Å². The molecular weight excluding hydrogens is 407 g/mol. The van der Waals surface area contributed by atoms with E-state index in [1.807, 2.05) is 0 Å². The van der Waals surface area contributed by atoms with Crippen LogP contribution in [0.25, 0.3) is 0 Å². The molecule has 0 radical (unpaired) electrons. The van der Waals surface area contributed by atoms with E-state index in [2.05, 4.69) is 11.9 Å². The smallest absolute Gasteiger partial charge is 0.272 e. The van der Waals surface area contributed by atoms with Crippen molar-refractivity contribution in [2.75, 3.05) is 13.1 Å². The third kappa shape index (κ3) is 4.62. The molecule has 27 heavy (non-hydrogen) atoms. The number of aromatic nitrogens is 1. The standard InChI is InChI=1S/C19H20Cl2N2O3S/c1-13-6-9-23(10-7-13)19(24)17-11-14(5-8-22-17)12-27(25,26)18-15(20)3-2-4-16(18)21/h2-5,8,11,13H,6-7,9-10,12H2,1H3. The Hall–Kier alpha value is -1.63. The maximum absolute atomic E-state index is 12.8. The zero-order chi connectivity index (χ0) is 19.6. The highest BCUT2D eigenvalue weighted by Crippen LogP contribution is 2.31. The normalized spacial score (nSPS) is 15.7. The number of hydrogen-bond donors (Lipinski definition) is 0. The SMILES string of the molecule is CC1CCN(C(=O)c2cc(CS(=O)(=O)c3c(Cl)cccc3Cl)ccn2)CC1. The van der Waals surface area contributed by atoms with Gasteiger partial charge in [-0.1, -0.05) is 36.2 Å². The van der Waals surface area contributed by atoms with Gasteiger partial charge in [0.15, 0.2) is 9.84 Å². The number of halogens is 2. The number of pyridine rings is 1. The Morgan fingerprint density at radius 3 is 2.44 bits per heavy atom. The molecule has 1 fully saturated rings. The largest absolute Gasteiger partial charge is 0.337 e. The molecule has 8 heteroatoms. The first kappa shape index (κ1) is 20.1. The average molecular weight is 427 g/mol. The van der Waals surface area contributed by atoms with Crippen molar-refractivity contribution in [3.63, 3.8) is 0 Å². The molecule has 0 N–H and O–H groups in total. The minimum absolute atomic E-state index is 0.0790. The molecule has 0 bridgehead atoms. The lowest BCUT2D eigenvalue weighted by atomic mass is 9.99. The molecule has 0 aliphatic carbocycles. The molecule has 0 atom stereocenters. The maximum Gasteiger partial charge on any atom is 0.272 e. The fourth-order valence-electron chi connectivity index (χ4n) is 3.13. The first-order chi connectivity index (χ1) is 12.8. The van der Waals surface area contributed by atoms with Crippen LogP contribution in [0.15, 0.2) is 41.4 Å². The van der Waals surface area contributed by atoms with Gasteiger partial charge in [-0.15, -0.1) is 0 Å². The molecule has 2 heterocycles. The molecule has 1 aliphatic heterocycles. The quantitative estimate of drug-likeness (QED) is 0.732. The van der Waals surface area contributed by atoms with Crippen LogP contribution in [0, 0.1) is 5.92 Å². The Kier molecular flexibility index (Phi) is 6.08. The molecule has 2 aromatic rings. The number of carbonyl (C=O) groups is 1. The number of piperidine rings is 1. The minimum atomic E-state index is -3.77. The van der Waals surface area contributed by atoms with Gasteiger partial charge in [-0.25, -0.2) is 8.42 Å². The Balaban J connectivity index is 1.83. The number of hydrogen-bond acceptors (Lipinski definition) is 4. The summed E-state index contributed by atoms with van der Waals surface area (Å²) in [5.41, 5.74) is 0.720. The highest BCUT2D eigenvalue weighted by molar-refractivity contribution is 7.90. The van der Waals surface area contributed by atoms with E-state index in [1.54, 1.807) is 17.0 Å². The number of likely N-dealkylation sites (tertiary alicyclic amines) is 1. The van der Waals surface area contributed by atoms with Gasteiger partial charge in [0.1, 0.15) is 10.6 Å². The van der Waals surface area contributed by atoms with Crippen LogP contribution in [0.1, 0.15) is 35.8 Å². The summed E-state index contributed by atoms with van der Waals surface area (Å²) in [5, 5.41) is 0.158. The average Bonchev–Trinajstić information content (AvgIpc) is 2.61. The van der Waals surface area contributed by atoms with Gasteiger partial charge in [-0.2, -0.15) is 0 Å². The summed E-state index contributed by atoms with van der Waals surface area (Å²) >= 11 is 12.1. The van der Waals surface area contributed by atoms with Crippen LogP contribution in [0.2, 0.25) is 10.0 Å². The topological polar surface area (TPSA) is 67.3 Å². The van der Waals surface area contributed by atoms with Crippen LogP contribution in [-0.4, -0.2) is 37.3 Å². The molecule has 1 aromatic carbocycles. The molecular formula is C19H20Cl2N2O3S. The van der Waals surface area contributed by atoms with Crippen LogP contribution in [0.4, 0.5) is 0 Å². The molecule has 0 unspecified atom stereocenters. The van der Waals surface area contributed by atoms with Crippen LogP contribution in [0.3, 0.4) is 0 Å². The van der Waals surface area contributed by atoms with Crippen LogP contribution >= 0.6 is 23.2 Å².